The minimum Gasteiger partial charge on any atom is -0.463 e. The molecule has 5 heteroatoms. The Morgan fingerprint density at radius 3 is 2.60 bits per heavy atom. The Labute approximate surface area is 154 Å². The van der Waals surface area contributed by atoms with Crippen molar-refractivity contribution in [3.05, 3.63) is 54.0 Å². The lowest BCUT2D eigenvalue weighted by Gasteiger charge is -2.36. The highest BCUT2D eigenvalue weighted by molar-refractivity contribution is 7.80. The molecular formula is C20H26N3OS+. The molecule has 1 aromatic heterocycles. The number of rotatable bonds is 4. The van der Waals surface area contributed by atoms with E-state index in [9.17, 15) is 0 Å². The molecule has 3 N–H and O–H groups in total. The average Bonchev–Trinajstić information content (AvgIpc) is 3.17. The minimum absolute atomic E-state index is 0.474. The van der Waals surface area contributed by atoms with Crippen molar-refractivity contribution in [3.63, 3.8) is 0 Å². The molecule has 2 saturated heterocycles. The number of para-hydroxylation sites is 1. The predicted octanol–water partition coefficient (Wildman–Crippen LogP) is 2.65. The van der Waals surface area contributed by atoms with Crippen molar-refractivity contribution < 1.29 is 9.32 Å². The van der Waals surface area contributed by atoms with Crippen molar-refractivity contribution in [1.29, 1.82) is 0 Å². The fourth-order valence-electron chi connectivity index (χ4n) is 4.51. The van der Waals surface area contributed by atoms with Crippen molar-refractivity contribution in [2.45, 2.75) is 57.3 Å². The summed E-state index contributed by atoms with van der Waals surface area (Å²) in [5.41, 5.74) is 2.30. The Hall–Kier alpha value is -1.85. The van der Waals surface area contributed by atoms with Gasteiger partial charge in [0.05, 0.1) is 18.3 Å². The molecule has 4 atom stereocenters. The molecular weight excluding hydrogens is 330 g/mol. The van der Waals surface area contributed by atoms with Crippen molar-refractivity contribution in [3.8, 4) is 0 Å². The van der Waals surface area contributed by atoms with Crippen LogP contribution in [-0.2, 0) is 6.54 Å². The number of aryl methyl sites for hydroxylation is 1. The van der Waals surface area contributed by atoms with Crippen LogP contribution in [0, 0.1) is 6.92 Å². The van der Waals surface area contributed by atoms with Crippen LogP contribution in [0.5, 0.6) is 0 Å². The number of quaternary nitrogens is 1. The molecule has 3 heterocycles. The van der Waals surface area contributed by atoms with Crippen LogP contribution in [0.2, 0.25) is 0 Å². The first-order valence-corrected chi connectivity index (χ1v) is 9.61. The van der Waals surface area contributed by atoms with Crippen molar-refractivity contribution in [2.75, 3.05) is 5.32 Å². The largest absolute Gasteiger partial charge is 0.463 e. The normalized spacial score (nSPS) is 27.9. The Morgan fingerprint density at radius 1 is 1.16 bits per heavy atom. The maximum absolute atomic E-state index is 5.56. The zero-order chi connectivity index (χ0) is 17.2. The van der Waals surface area contributed by atoms with Crippen molar-refractivity contribution >= 4 is 23.0 Å². The van der Waals surface area contributed by atoms with Crippen molar-refractivity contribution in [1.82, 2.24) is 5.32 Å². The first-order valence-electron chi connectivity index (χ1n) is 9.20. The third-order valence-corrected chi connectivity index (χ3v) is 5.96. The van der Waals surface area contributed by atoms with E-state index < -0.39 is 0 Å². The van der Waals surface area contributed by atoms with Gasteiger partial charge in [0.25, 0.3) is 0 Å². The fourth-order valence-corrected chi connectivity index (χ4v) is 4.78. The molecule has 25 heavy (non-hydrogen) atoms. The monoisotopic (exact) mass is 356 g/mol. The van der Waals surface area contributed by atoms with E-state index >= 15 is 0 Å². The minimum atomic E-state index is 0.474. The highest BCUT2D eigenvalue weighted by Gasteiger charge is 2.44. The van der Waals surface area contributed by atoms with E-state index in [-0.39, 0.29) is 0 Å². The van der Waals surface area contributed by atoms with Crippen molar-refractivity contribution in [2.24, 2.45) is 0 Å². The molecule has 132 valence electrons. The lowest BCUT2D eigenvalue weighted by atomic mass is 9.97. The summed E-state index contributed by atoms with van der Waals surface area (Å²) in [5, 5.41) is 7.66. The van der Waals surface area contributed by atoms with Gasteiger partial charge in [0, 0.05) is 37.4 Å². The van der Waals surface area contributed by atoms with Gasteiger partial charge in [-0.2, -0.15) is 0 Å². The van der Waals surface area contributed by atoms with Crippen LogP contribution >= 0.6 is 12.2 Å². The molecule has 2 aliphatic heterocycles. The number of furan rings is 1. The maximum atomic E-state index is 5.56. The van der Waals surface area contributed by atoms with Gasteiger partial charge in [-0.15, -0.1) is 0 Å². The van der Waals surface area contributed by atoms with E-state index in [1.165, 1.54) is 31.2 Å². The second-order valence-electron chi connectivity index (χ2n) is 7.38. The third kappa shape index (κ3) is 3.72. The van der Waals surface area contributed by atoms with Crippen LogP contribution in [-0.4, -0.2) is 23.2 Å². The van der Waals surface area contributed by atoms with Crippen LogP contribution in [0.4, 0.5) is 5.69 Å². The van der Waals surface area contributed by atoms with Gasteiger partial charge in [0.15, 0.2) is 10.9 Å². The number of hydrogen-bond donors (Lipinski definition) is 3. The Bertz CT molecular complexity index is 716. The Kier molecular flexibility index (Phi) is 4.77. The van der Waals surface area contributed by atoms with Crippen LogP contribution in [0.15, 0.2) is 47.1 Å². The summed E-state index contributed by atoms with van der Waals surface area (Å²) >= 11 is 5.55. The molecule has 0 radical (unpaired) electrons. The molecule has 0 spiro atoms. The second-order valence-corrected chi connectivity index (χ2v) is 7.79. The smallest absolute Gasteiger partial charge is 0.171 e. The summed E-state index contributed by atoms with van der Waals surface area (Å²) < 4.78 is 5.56. The van der Waals surface area contributed by atoms with Gasteiger partial charge >= 0.3 is 0 Å². The summed E-state index contributed by atoms with van der Waals surface area (Å²) in [6.45, 7) is 3.11. The lowest BCUT2D eigenvalue weighted by molar-refractivity contribution is -0.955. The predicted molar refractivity (Wildman–Crippen MR) is 104 cm³/mol. The van der Waals surface area contributed by atoms with Gasteiger partial charge in [-0.05, 0) is 42.9 Å². The third-order valence-electron chi connectivity index (χ3n) is 5.74. The average molecular weight is 357 g/mol. The number of benzene rings is 1. The zero-order valence-corrected chi connectivity index (χ0v) is 15.4. The quantitative estimate of drug-likeness (QED) is 0.737. The summed E-state index contributed by atoms with van der Waals surface area (Å²) in [5.74, 6) is 1.11. The van der Waals surface area contributed by atoms with Crippen LogP contribution in [0.25, 0.3) is 0 Å². The van der Waals surface area contributed by atoms with E-state index in [2.05, 4.69) is 35.8 Å². The summed E-state index contributed by atoms with van der Waals surface area (Å²) in [7, 11) is 0. The maximum Gasteiger partial charge on any atom is 0.171 e. The Morgan fingerprint density at radius 2 is 1.92 bits per heavy atom. The van der Waals surface area contributed by atoms with Gasteiger partial charge in [0.1, 0.15) is 6.54 Å². The van der Waals surface area contributed by atoms with Crippen LogP contribution in [0.3, 0.4) is 0 Å². The second kappa shape index (κ2) is 7.18. The highest BCUT2D eigenvalue weighted by atomic mass is 32.1. The van der Waals surface area contributed by atoms with E-state index in [0.29, 0.717) is 18.1 Å². The Balaban J connectivity index is 1.33. The van der Waals surface area contributed by atoms with Gasteiger partial charge in [-0.3, -0.25) is 0 Å². The topological polar surface area (TPSA) is 41.6 Å². The molecule has 2 unspecified atom stereocenters. The summed E-state index contributed by atoms with van der Waals surface area (Å²) in [6.07, 6.45) is 6.78. The first-order chi connectivity index (χ1) is 12.2. The number of anilines is 1. The lowest BCUT2D eigenvalue weighted by Crippen LogP contribution is -3.17. The molecule has 4 nitrogen and oxygen atoms in total. The molecule has 2 aromatic rings. The molecule has 2 aliphatic rings. The first kappa shape index (κ1) is 16.6. The molecule has 0 aliphatic carbocycles. The summed E-state index contributed by atoms with van der Waals surface area (Å²) in [4.78, 5) is 1.70. The van der Waals surface area contributed by atoms with Gasteiger partial charge < -0.3 is 20.0 Å². The molecule has 2 fully saturated rings. The number of piperidine rings is 1. The van der Waals surface area contributed by atoms with E-state index in [1.54, 1.807) is 11.2 Å². The molecule has 4 rings (SSSR count). The molecule has 0 saturated carbocycles. The van der Waals surface area contributed by atoms with Gasteiger partial charge in [0.2, 0.25) is 0 Å². The standard InChI is InChI=1S/C20H25N3OS/c1-14-5-2-3-7-19(14)22-20(25)21-15-11-16-8-9-17(12-15)23(16)13-18-6-4-10-24-18/h2-7,10,15-17H,8-9,11-13H2,1H3,(H2,21,22,25)/p+1/t15?,16-,17+. The molecule has 1 aromatic carbocycles. The van der Waals surface area contributed by atoms with Crippen LogP contribution in [0.1, 0.15) is 37.0 Å². The van der Waals surface area contributed by atoms with E-state index in [1.807, 2.05) is 18.2 Å². The van der Waals surface area contributed by atoms with E-state index in [4.69, 9.17) is 16.6 Å². The number of nitrogens with one attached hydrogen (secondary N) is 3. The van der Waals surface area contributed by atoms with Gasteiger partial charge in [-0.25, -0.2) is 0 Å². The van der Waals surface area contributed by atoms with Crippen LogP contribution < -0.4 is 15.5 Å². The number of hydrogen-bond acceptors (Lipinski definition) is 2. The highest BCUT2D eigenvalue weighted by Crippen LogP contribution is 2.24. The zero-order valence-electron chi connectivity index (χ0n) is 14.6. The number of fused-ring (bicyclic) bond motifs is 2. The summed E-state index contributed by atoms with van der Waals surface area (Å²) in [6, 6.07) is 14.2. The van der Waals surface area contributed by atoms with Gasteiger partial charge in [-0.1, -0.05) is 18.2 Å². The SMILES string of the molecule is Cc1ccccc1NC(=S)NC1C[C@H]2CC[C@@H](C1)[NH+]2Cc1ccco1. The number of thiocarbonyl (C=S) groups is 1. The fraction of sp³-hybridized carbons (Fsp3) is 0.450. The van der Waals surface area contributed by atoms with E-state index in [0.717, 1.165) is 23.1 Å². The molecule has 2 bridgehead atoms. The molecule has 0 amide bonds.